The van der Waals surface area contributed by atoms with Gasteiger partial charge in [0.15, 0.2) is 0 Å². The van der Waals surface area contributed by atoms with E-state index < -0.39 is 0 Å². The van der Waals surface area contributed by atoms with Gasteiger partial charge < -0.3 is 9.31 Å². The third kappa shape index (κ3) is 12.1. The second kappa shape index (κ2) is 17.0. The Morgan fingerprint density at radius 1 is 0.935 bits per heavy atom. The van der Waals surface area contributed by atoms with Crippen molar-refractivity contribution < 1.29 is 14.1 Å². The third-order valence-electron chi connectivity index (χ3n) is 5.68. The Kier molecular flexibility index (Phi) is 14.0. The van der Waals surface area contributed by atoms with Crippen LogP contribution in [-0.4, -0.2) is 25.6 Å². The second-order valence-corrected chi connectivity index (χ2v) is 8.56. The fourth-order valence-electron chi connectivity index (χ4n) is 3.83. The Bertz CT molecular complexity index is 641. The van der Waals surface area contributed by atoms with Crippen molar-refractivity contribution in [2.24, 2.45) is 0 Å². The van der Waals surface area contributed by atoms with E-state index in [4.69, 9.17) is 9.31 Å². The molecule has 1 aliphatic heterocycles. The molecule has 1 aliphatic rings. The molecule has 1 saturated heterocycles. The highest BCUT2D eigenvalue weighted by molar-refractivity contribution is 6.61. The number of unbranched alkanes of at least 4 members (excludes halogenated alkanes) is 8. The van der Waals surface area contributed by atoms with Crippen LogP contribution in [0.1, 0.15) is 90.4 Å². The molecule has 3 nitrogen and oxygen atoms in total. The van der Waals surface area contributed by atoms with Gasteiger partial charge in [-0.3, -0.25) is 4.79 Å². The molecule has 1 heterocycles. The average molecular weight is 424 g/mol. The van der Waals surface area contributed by atoms with E-state index in [2.05, 4.69) is 31.2 Å². The molecule has 1 atom stereocenters. The van der Waals surface area contributed by atoms with Crippen LogP contribution in [0.15, 0.2) is 54.6 Å². The highest BCUT2D eigenvalue weighted by atomic mass is 16.6. The molecule has 0 aromatic heterocycles. The van der Waals surface area contributed by atoms with Crippen molar-refractivity contribution in [1.29, 1.82) is 0 Å². The first-order chi connectivity index (χ1) is 15.3. The maximum atomic E-state index is 12.2. The number of carbonyl (C=O) groups excluding carboxylic acids is 1. The number of hydrogen-bond donors (Lipinski definition) is 0. The largest absolute Gasteiger partial charge is 0.494 e. The van der Waals surface area contributed by atoms with Gasteiger partial charge in [0.05, 0.1) is 12.7 Å². The molecular formula is C27H41BO3. The molecule has 0 unspecified atom stereocenters. The topological polar surface area (TPSA) is 35.5 Å². The van der Waals surface area contributed by atoms with Crippen molar-refractivity contribution in [2.75, 3.05) is 6.61 Å². The van der Waals surface area contributed by atoms with Gasteiger partial charge in [-0.15, -0.1) is 0 Å². The number of ketones is 1. The smallest absolute Gasteiger partial charge is 0.405 e. The minimum Gasteiger partial charge on any atom is -0.405 e. The summed E-state index contributed by atoms with van der Waals surface area (Å²) in [6.45, 7) is 2.75. The molecule has 31 heavy (non-hydrogen) atoms. The number of Topliss-reactive ketones (excluding diaryl/α,β-unsaturated/α-hetero) is 1. The minimum absolute atomic E-state index is 0.101. The Balaban J connectivity index is 1.40. The van der Waals surface area contributed by atoms with Crippen LogP contribution in [0.25, 0.3) is 0 Å². The van der Waals surface area contributed by atoms with E-state index in [1.54, 1.807) is 0 Å². The van der Waals surface area contributed by atoms with Crippen LogP contribution in [0.2, 0.25) is 0 Å². The predicted molar refractivity (Wildman–Crippen MR) is 132 cm³/mol. The van der Waals surface area contributed by atoms with Crippen LogP contribution >= 0.6 is 0 Å². The number of allylic oxidation sites excluding steroid dienone is 4. The fraction of sp³-hybridized carbons (Fsp3) is 0.593. The highest BCUT2D eigenvalue weighted by Gasteiger charge is 2.33. The summed E-state index contributed by atoms with van der Waals surface area (Å²) >= 11 is 0. The Hall–Kier alpha value is -1.65. The van der Waals surface area contributed by atoms with Crippen molar-refractivity contribution in [3.05, 3.63) is 54.6 Å². The molecule has 0 aliphatic carbocycles. The summed E-state index contributed by atoms with van der Waals surface area (Å²) in [6.07, 6.45) is 23.5. The lowest BCUT2D eigenvalue weighted by molar-refractivity contribution is -0.120. The molecule has 0 bridgehead atoms. The van der Waals surface area contributed by atoms with E-state index in [1.807, 2.05) is 30.3 Å². The Morgan fingerprint density at radius 3 is 2.35 bits per heavy atom. The SMILES string of the molecule is CCCCC/C=C\C/C=C\CCCCCCCC(=O)C[C@@H]1COB(c2ccccc2)O1. The monoisotopic (exact) mass is 424 g/mol. The molecule has 0 N–H and O–H groups in total. The summed E-state index contributed by atoms with van der Waals surface area (Å²) in [5.74, 6) is 0.299. The van der Waals surface area contributed by atoms with Crippen LogP contribution in [-0.2, 0) is 14.1 Å². The molecule has 170 valence electrons. The first-order valence-corrected chi connectivity index (χ1v) is 12.4. The van der Waals surface area contributed by atoms with Gasteiger partial charge in [0.25, 0.3) is 0 Å². The molecule has 1 aromatic rings. The van der Waals surface area contributed by atoms with Crippen LogP contribution in [0.5, 0.6) is 0 Å². The predicted octanol–water partition coefficient (Wildman–Crippen LogP) is 6.57. The Labute approximate surface area is 190 Å². The number of benzene rings is 1. The minimum atomic E-state index is -0.324. The van der Waals surface area contributed by atoms with Gasteiger partial charge in [0, 0.05) is 12.8 Å². The summed E-state index contributed by atoms with van der Waals surface area (Å²) in [6, 6.07) is 9.93. The lowest BCUT2D eigenvalue weighted by atomic mass is 9.79. The van der Waals surface area contributed by atoms with Crippen molar-refractivity contribution in [1.82, 2.24) is 0 Å². The lowest BCUT2D eigenvalue weighted by Gasteiger charge is -2.09. The van der Waals surface area contributed by atoms with E-state index in [0.717, 1.165) is 24.7 Å². The summed E-state index contributed by atoms with van der Waals surface area (Å²) in [5.41, 5.74) is 1.02. The zero-order valence-corrected chi connectivity index (χ0v) is 19.5. The maximum absolute atomic E-state index is 12.2. The van der Waals surface area contributed by atoms with E-state index >= 15 is 0 Å². The van der Waals surface area contributed by atoms with Gasteiger partial charge in [-0.2, -0.15) is 0 Å². The molecule has 1 aromatic carbocycles. The summed E-state index contributed by atoms with van der Waals surface area (Å²) in [7, 11) is -0.324. The third-order valence-corrected chi connectivity index (χ3v) is 5.68. The molecule has 0 spiro atoms. The van der Waals surface area contributed by atoms with Crippen molar-refractivity contribution >= 4 is 18.4 Å². The number of hydrogen-bond acceptors (Lipinski definition) is 3. The van der Waals surface area contributed by atoms with Crippen molar-refractivity contribution in [3.8, 4) is 0 Å². The van der Waals surface area contributed by atoms with Gasteiger partial charge in [0.2, 0.25) is 0 Å². The Morgan fingerprint density at radius 2 is 1.61 bits per heavy atom. The van der Waals surface area contributed by atoms with Gasteiger partial charge in [0.1, 0.15) is 5.78 Å². The fourth-order valence-corrected chi connectivity index (χ4v) is 3.83. The van der Waals surface area contributed by atoms with Crippen LogP contribution in [0.4, 0.5) is 0 Å². The van der Waals surface area contributed by atoms with Crippen molar-refractivity contribution in [3.63, 3.8) is 0 Å². The van der Waals surface area contributed by atoms with Crippen molar-refractivity contribution in [2.45, 2.75) is 96.5 Å². The van der Waals surface area contributed by atoms with E-state index in [1.165, 1.54) is 51.4 Å². The average Bonchev–Trinajstić information content (AvgIpc) is 3.25. The van der Waals surface area contributed by atoms with E-state index in [9.17, 15) is 4.79 Å². The number of carbonyl (C=O) groups is 1. The van der Waals surface area contributed by atoms with Crippen LogP contribution in [0, 0.1) is 0 Å². The van der Waals surface area contributed by atoms with Gasteiger partial charge >= 0.3 is 7.12 Å². The molecule has 4 heteroatoms. The van der Waals surface area contributed by atoms with E-state index in [0.29, 0.717) is 25.2 Å². The van der Waals surface area contributed by atoms with E-state index in [-0.39, 0.29) is 13.2 Å². The maximum Gasteiger partial charge on any atom is 0.494 e. The first kappa shape index (κ1) is 25.6. The van der Waals surface area contributed by atoms with Crippen LogP contribution in [0.3, 0.4) is 0 Å². The van der Waals surface area contributed by atoms with Crippen LogP contribution < -0.4 is 5.46 Å². The molecule has 0 amide bonds. The molecule has 0 saturated carbocycles. The quantitative estimate of drug-likeness (QED) is 0.161. The molecule has 1 fully saturated rings. The first-order valence-electron chi connectivity index (χ1n) is 12.4. The molecule has 0 radical (unpaired) electrons. The summed E-state index contributed by atoms with van der Waals surface area (Å²) in [4.78, 5) is 12.2. The van der Waals surface area contributed by atoms with Gasteiger partial charge in [-0.1, -0.05) is 93.7 Å². The second-order valence-electron chi connectivity index (χ2n) is 8.56. The standard InChI is InChI=1S/C27H41BO3/c1-2-3-4-5-6-7-8-9-10-11-12-13-14-15-19-22-26(29)23-27-24-30-28(31-27)25-20-17-16-18-21-25/h6-7,9-10,16-18,20-21,27H,2-5,8,11-15,19,22-24H2,1H3/b7-6-,10-9-/t27-/m1/s1. The van der Waals surface area contributed by atoms with Gasteiger partial charge in [-0.05, 0) is 44.0 Å². The molecular weight excluding hydrogens is 383 g/mol. The van der Waals surface area contributed by atoms with Gasteiger partial charge in [-0.25, -0.2) is 0 Å². The lowest BCUT2D eigenvalue weighted by Crippen LogP contribution is -2.32. The zero-order valence-electron chi connectivity index (χ0n) is 19.5. The zero-order chi connectivity index (χ0) is 22.0. The molecule has 2 rings (SSSR count). The summed E-state index contributed by atoms with van der Waals surface area (Å²) < 4.78 is 11.6. The highest BCUT2D eigenvalue weighted by Crippen LogP contribution is 2.15. The summed E-state index contributed by atoms with van der Waals surface area (Å²) in [5, 5.41) is 0. The normalized spacial score (nSPS) is 16.7. The number of rotatable bonds is 17.